The van der Waals surface area contributed by atoms with Gasteiger partial charge in [0.1, 0.15) is 11.4 Å². The van der Waals surface area contributed by atoms with Crippen molar-refractivity contribution in [1.29, 1.82) is 0 Å². The summed E-state index contributed by atoms with van der Waals surface area (Å²) in [6, 6.07) is 11.6. The molecule has 1 aliphatic rings. The van der Waals surface area contributed by atoms with Crippen LogP contribution in [0.25, 0.3) is 21.9 Å². The maximum absolute atomic E-state index is 14.6. The molecule has 0 bridgehead atoms. The van der Waals surface area contributed by atoms with Crippen molar-refractivity contribution in [3.63, 3.8) is 0 Å². The molecule has 34 heavy (non-hydrogen) atoms. The van der Waals surface area contributed by atoms with E-state index < -0.39 is 11.4 Å². The predicted octanol–water partition coefficient (Wildman–Crippen LogP) is 7.44. The van der Waals surface area contributed by atoms with Gasteiger partial charge in [-0.25, -0.2) is 9.18 Å². The highest BCUT2D eigenvalue weighted by atomic mass is 35.5. The van der Waals surface area contributed by atoms with E-state index in [0.29, 0.717) is 22.2 Å². The fourth-order valence-corrected chi connectivity index (χ4v) is 5.47. The molecule has 4 nitrogen and oxygen atoms in total. The van der Waals surface area contributed by atoms with Crippen LogP contribution in [0.2, 0.25) is 5.02 Å². The van der Waals surface area contributed by atoms with Crippen LogP contribution in [-0.2, 0) is 0 Å². The lowest BCUT2D eigenvalue weighted by Crippen LogP contribution is -2.24. The van der Waals surface area contributed by atoms with E-state index in [4.69, 9.17) is 16.0 Å². The van der Waals surface area contributed by atoms with Crippen LogP contribution < -0.4 is 10.9 Å². The molecule has 4 aromatic rings. The summed E-state index contributed by atoms with van der Waals surface area (Å²) in [5.41, 5.74) is 1.40. The Morgan fingerprint density at radius 3 is 2.68 bits per heavy atom. The maximum Gasteiger partial charge on any atom is 0.374 e. The van der Waals surface area contributed by atoms with Crippen molar-refractivity contribution in [3.8, 4) is 0 Å². The van der Waals surface area contributed by atoms with E-state index in [2.05, 4.69) is 10.3 Å². The molecule has 0 spiro atoms. The standard InChI is InChI=1S/C27H25ClF2N2O2/c1-15(32-26-21-8-6-18(28)13-24(21)34-27(33)25(26)30)12-16-2-4-17(5-3-16)20-10-11-31-23-9-7-19(29)14-22(20)23/h6-11,13-17,32H,2-5,12H2,1H3/t15-,16?,17?/m1/s1. The number of rotatable bonds is 5. The van der Waals surface area contributed by atoms with Crippen LogP contribution in [0.5, 0.6) is 0 Å². The molecule has 176 valence electrons. The lowest BCUT2D eigenvalue weighted by atomic mass is 9.76. The van der Waals surface area contributed by atoms with E-state index >= 15 is 0 Å². The smallest absolute Gasteiger partial charge is 0.374 e. The van der Waals surface area contributed by atoms with Crippen LogP contribution in [-0.4, -0.2) is 11.0 Å². The third kappa shape index (κ3) is 4.51. The minimum atomic E-state index is -1.01. The number of pyridine rings is 1. The average molecular weight is 483 g/mol. The van der Waals surface area contributed by atoms with Gasteiger partial charge in [-0.05, 0) is 92.8 Å². The predicted molar refractivity (Wildman–Crippen MR) is 132 cm³/mol. The van der Waals surface area contributed by atoms with Crippen molar-refractivity contribution in [2.24, 2.45) is 5.92 Å². The molecule has 1 aliphatic carbocycles. The van der Waals surface area contributed by atoms with E-state index in [0.717, 1.165) is 48.6 Å². The average Bonchev–Trinajstić information content (AvgIpc) is 2.82. The van der Waals surface area contributed by atoms with Gasteiger partial charge in [-0.3, -0.25) is 4.98 Å². The summed E-state index contributed by atoms with van der Waals surface area (Å²) in [5.74, 6) is -0.307. The molecular formula is C27H25ClF2N2O2. The Morgan fingerprint density at radius 2 is 1.88 bits per heavy atom. The van der Waals surface area contributed by atoms with Crippen molar-refractivity contribution in [2.45, 2.75) is 51.0 Å². The molecular weight excluding hydrogens is 458 g/mol. The van der Waals surface area contributed by atoms with E-state index in [9.17, 15) is 13.6 Å². The molecule has 0 aliphatic heterocycles. The summed E-state index contributed by atoms with van der Waals surface area (Å²) in [7, 11) is 0. The van der Waals surface area contributed by atoms with Crippen LogP contribution in [0, 0.1) is 17.6 Å². The van der Waals surface area contributed by atoms with Crippen molar-refractivity contribution in [3.05, 3.63) is 81.3 Å². The topological polar surface area (TPSA) is 55.1 Å². The lowest BCUT2D eigenvalue weighted by Gasteiger charge is -2.31. The zero-order valence-electron chi connectivity index (χ0n) is 18.8. The van der Waals surface area contributed by atoms with Gasteiger partial charge in [-0.15, -0.1) is 0 Å². The van der Waals surface area contributed by atoms with E-state index in [1.807, 2.05) is 13.0 Å². The van der Waals surface area contributed by atoms with E-state index in [1.165, 1.54) is 12.1 Å². The Morgan fingerprint density at radius 1 is 1.09 bits per heavy atom. The minimum absolute atomic E-state index is 0.0346. The first kappa shape index (κ1) is 22.8. The molecule has 1 N–H and O–H groups in total. The summed E-state index contributed by atoms with van der Waals surface area (Å²) < 4.78 is 33.5. The quantitative estimate of drug-likeness (QED) is 0.300. The maximum atomic E-state index is 14.6. The summed E-state index contributed by atoms with van der Waals surface area (Å²) in [4.78, 5) is 16.3. The molecule has 5 rings (SSSR count). The van der Waals surface area contributed by atoms with Gasteiger partial charge in [0.15, 0.2) is 0 Å². The zero-order chi connectivity index (χ0) is 23.8. The van der Waals surface area contributed by atoms with Gasteiger partial charge in [-0.2, -0.15) is 4.39 Å². The Balaban J connectivity index is 1.27. The fourth-order valence-electron chi connectivity index (χ4n) is 5.30. The summed E-state index contributed by atoms with van der Waals surface area (Å²) in [6.07, 6.45) is 6.75. The normalized spacial score (nSPS) is 19.4. The first-order valence-electron chi connectivity index (χ1n) is 11.6. The van der Waals surface area contributed by atoms with Crippen LogP contribution >= 0.6 is 11.6 Å². The number of fused-ring (bicyclic) bond motifs is 2. The van der Waals surface area contributed by atoms with Crippen molar-refractivity contribution in [1.82, 2.24) is 4.98 Å². The summed E-state index contributed by atoms with van der Waals surface area (Å²) in [6.45, 7) is 2.00. The third-order valence-electron chi connectivity index (χ3n) is 6.92. The van der Waals surface area contributed by atoms with Crippen LogP contribution in [0.3, 0.4) is 0 Å². The molecule has 1 saturated carbocycles. The van der Waals surface area contributed by atoms with Crippen LogP contribution in [0.15, 0.2) is 57.9 Å². The lowest BCUT2D eigenvalue weighted by molar-refractivity contribution is 0.302. The first-order chi connectivity index (χ1) is 16.4. The zero-order valence-corrected chi connectivity index (χ0v) is 19.5. The molecule has 0 amide bonds. The first-order valence-corrected chi connectivity index (χ1v) is 12.0. The number of hydrogen-bond acceptors (Lipinski definition) is 4. The number of nitrogens with one attached hydrogen (secondary N) is 1. The number of halogens is 3. The number of nitrogens with zero attached hydrogens (tertiary/aromatic N) is 1. The number of aromatic nitrogens is 1. The molecule has 2 aromatic carbocycles. The van der Waals surface area contributed by atoms with Gasteiger partial charge >= 0.3 is 5.63 Å². The molecule has 0 saturated heterocycles. The van der Waals surface area contributed by atoms with Crippen molar-refractivity contribution >= 4 is 39.2 Å². The SMILES string of the molecule is C[C@H](CC1CCC(c2ccnc3ccc(F)cc23)CC1)Nc1c(F)c(=O)oc2cc(Cl)ccc12. The van der Waals surface area contributed by atoms with Gasteiger partial charge in [0.25, 0.3) is 0 Å². The molecule has 2 heterocycles. The fraction of sp³-hybridized carbons (Fsp3) is 0.333. The molecule has 1 fully saturated rings. The molecule has 2 aromatic heterocycles. The van der Waals surface area contributed by atoms with E-state index in [1.54, 1.807) is 30.5 Å². The highest BCUT2D eigenvalue weighted by Crippen LogP contribution is 2.40. The highest BCUT2D eigenvalue weighted by molar-refractivity contribution is 6.31. The summed E-state index contributed by atoms with van der Waals surface area (Å²) in [5, 5.41) is 5.01. The Kier molecular flexibility index (Phi) is 6.26. The van der Waals surface area contributed by atoms with Crippen molar-refractivity contribution in [2.75, 3.05) is 5.32 Å². The van der Waals surface area contributed by atoms with Gasteiger partial charge in [0.2, 0.25) is 5.82 Å². The third-order valence-corrected chi connectivity index (χ3v) is 7.15. The molecule has 1 atom stereocenters. The monoisotopic (exact) mass is 482 g/mol. The second-order valence-corrected chi connectivity index (χ2v) is 9.72. The number of benzene rings is 2. The van der Waals surface area contributed by atoms with E-state index in [-0.39, 0.29) is 23.1 Å². The Bertz CT molecular complexity index is 1410. The Hall–Kier alpha value is -2.99. The second kappa shape index (κ2) is 9.34. The summed E-state index contributed by atoms with van der Waals surface area (Å²) >= 11 is 6.00. The minimum Gasteiger partial charge on any atom is -0.420 e. The van der Waals surface area contributed by atoms with Gasteiger partial charge in [0.05, 0.1) is 11.2 Å². The Labute approximate surface area is 201 Å². The van der Waals surface area contributed by atoms with Crippen LogP contribution in [0.1, 0.15) is 50.5 Å². The number of hydrogen-bond donors (Lipinski definition) is 1. The van der Waals surface area contributed by atoms with Gasteiger partial charge < -0.3 is 9.73 Å². The molecule has 0 unspecified atom stereocenters. The van der Waals surface area contributed by atoms with Crippen LogP contribution in [0.4, 0.5) is 14.5 Å². The van der Waals surface area contributed by atoms with Gasteiger partial charge in [0, 0.05) is 34.1 Å². The molecule has 7 heteroatoms. The largest absolute Gasteiger partial charge is 0.420 e. The van der Waals surface area contributed by atoms with Gasteiger partial charge in [-0.1, -0.05) is 11.6 Å². The number of anilines is 1. The molecule has 0 radical (unpaired) electrons. The second-order valence-electron chi connectivity index (χ2n) is 9.28. The highest BCUT2D eigenvalue weighted by Gasteiger charge is 2.26. The van der Waals surface area contributed by atoms with Crippen molar-refractivity contribution < 1.29 is 13.2 Å².